The van der Waals surface area contributed by atoms with Crippen molar-refractivity contribution in [1.82, 2.24) is 29.9 Å². The van der Waals surface area contributed by atoms with E-state index in [1.807, 2.05) is 0 Å². The number of aromatic hydroxyl groups is 2. The average Bonchev–Trinajstić information content (AvgIpc) is 0.775. The first kappa shape index (κ1) is 64.8. The summed E-state index contributed by atoms with van der Waals surface area (Å²) < 4.78 is 80.4. The molecule has 0 aliphatic carbocycles. The Morgan fingerprint density at radius 3 is 1.43 bits per heavy atom. The third-order valence-electron chi connectivity index (χ3n) is 12.2. The Morgan fingerprint density at radius 1 is 0.500 bits per heavy atom. The molecule has 2 heterocycles. The maximum absolute atomic E-state index is 12.8. The van der Waals surface area contributed by atoms with Crippen molar-refractivity contribution < 1.29 is 95.1 Å². The molecule has 464 valence electrons. The second-order valence-electron chi connectivity index (χ2n) is 18.3. The molecule has 0 spiro atoms. The number of benzene rings is 7. The van der Waals surface area contributed by atoms with Crippen molar-refractivity contribution in [1.29, 1.82) is 0 Å². The molecule has 7 aromatic carbocycles. The van der Waals surface area contributed by atoms with Gasteiger partial charge in [-0.1, -0.05) is 10.1 Å². The number of aromatic carboxylic acids is 3. The lowest BCUT2D eigenvalue weighted by molar-refractivity contribution is -0.432. The minimum atomic E-state index is -5.17. The SMILES string of the molecule is Cc1cc(N=Nc2c(S(=O)(=O)O)cc3cc(SOOO)cc(Nc4nc(Cl)nc(Nc5cc(C)c(Nc6nc(Cl)nc(Nc7cc(S(=O)(=O)O)cc8cc(SOOO)c(N=Nc9cc(C(=O)O)cc(C(=O)O)c9)c(O)c78)n6)cc5C)n4)c3c2O)cc(C(=O)O)c1. The lowest BCUT2D eigenvalue weighted by Crippen LogP contribution is -2.07. The highest BCUT2D eigenvalue weighted by Crippen LogP contribution is 2.49. The van der Waals surface area contributed by atoms with Crippen molar-refractivity contribution in [3.8, 4) is 11.5 Å². The summed E-state index contributed by atoms with van der Waals surface area (Å²) in [5, 5.41) is 104. The van der Waals surface area contributed by atoms with Crippen LogP contribution in [0.2, 0.25) is 10.6 Å². The van der Waals surface area contributed by atoms with Crippen LogP contribution in [0.4, 0.5) is 69.3 Å². The molecule has 0 unspecified atom stereocenters. The van der Waals surface area contributed by atoms with Gasteiger partial charge in [-0.15, -0.1) is 18.9 Å². The fourth-order valence-electron chi connectivity index (χ4n) is 8.44. The first-order valence-electron chi connectivity index (χ1n) is 24.3. The maximum Gasteiger partial charge on any atom is 0.335 e. The summed E-state index contributed by atoms with van der Waals surface area (Å²) in [5.74, 6) is -6.99. The number of aromatic nitrogens is 6. The Balaban J connectivity index is 1.02. The van der Waals surface area contributed by atoms with Gasteiger partial charge in [-0.3, -0.25) is 9.11 Å². The van der Waals surface area contributed by atoms with Crippen LogP contribution in [-0.4, -0.2) is 110 Å². The Labute approximate surface area is 520 Å². The van der Waals surface area contributed by atoms with Crippen LogP contribution in [-0.2, 0) is 39.0 Å². The van der Waals surface area contributed by atoms with E-state index in [0.29, 0.717) is 40.1 Å². The summed E-state index contributed by atoms with van der Waals surface area (Å²) >= 11 is 13.5. The van der Waals surface area contributed by atoms with E-state index in [4.69, 9.17) is 33.7 Å². The Hall–Kier alpha value is -9.65. The predicted molar refractivity (Wildman–Crippen MR) is 318 cm³/mol. The number of phenolic OH excluding ortho intramolecular Hbond substituents is 2. The highest BCUT2D eigenvalue weighted by Gasteiger charge is 2.27. The highest BCUT2D eigenvalue weighted by atomic mass is 35.5. The van der Waals surface area contributed by atoms with Crippen LogP contribution in [0.1, 0.15) is 47.8 Å². The number of carboxylic acids is 3. The predicted octanol–water partition coefficient (Wildman–Crippen LogP) is 12.3. The van der Waals surface area contributed by atoms with Gasteiger partial charge in [0.1, 0.15) is 16.3 Å². The van der Waals surface area contributed by atoms with Gasteiger partial charge in [-0.25, -0.2) is 24.9 Å². The molecule has 0 fully saturated rings. The normalized spacial score (nSPS) is 11.9. The number of halogens is 2. The number of nitrogens with one attached hydrogen (secondary N) is 4. The van der Waals surface area contributed by atoms with Crippen LogP contribution in [0.5, 0.6) is 11.5 Å². The van der Waals surface area contributed by atoms with Crippen LogP contribution in [0.3, 0.4) is 0 Å². The van der Waals surface area contributed by atoms with E-state index in [9.17, 15) is 65.9 Å². The van der Waals surface area contributed by atoms with Gasteiger partial charge in [0.25, 0.3) is 20.2 Å². The number of carboxylic acid groups (broad SMARTS) is 3. The number of aryl methyl sites for hydroxylation is 3. The first-order valence-corrected chi connectivity index (χ1v) is 29.4. The molecule has 0 aliphatic heterocycles. The quantitative estimate of drug-likeness (QED) is 0.00930. The molecule has 0 saturated heterocycles. The minimum Gasteiger partial charge on any atom is -0.505 e. The van der Waals surface area contributed by atoms with Crippen molar-refractivity contribution >= 4 is 176 Å². The van der Waals surface area contributed by atoms with Crippen LogP contribution in [0.15, 0.2) is 125 Å². The minimum absolute atomic E-state index is 0.0517. The third-order valence-corrected chi connectivity index (χ3v) is 15.4. The van der Waals surface area contributed by atoms with Gasteiger partial charge < -0.3 is 46.8 Å². The summed E-state index contributed by atoms with van der Waals surface area (Å²) in [5.41, 5.74) is -0.912. The molecular formula is C50H36Cl2N14O20S4. The van der Waals surface area contributed by atoms with E-state index in [1.54, 1.807) is 32.9 Å². The topological polar surface area (TPSA) is 513 Å². The van der Waals surface area contributed by atoms with Crippen molar-refractivity contribution in [3.05, 3.63) is 129 Å². The van der Waals surface area contributed by atoms with Gasteiger partial charge in [0.05, 0.1) is 73.3 Å². The molecule has 34 nitrogen and oxygen atoms in total. The number of hydrogen-bond donors (Lipinski definition) is 13. The summed E-state index contributed by atoms with van der Waals surface area (Å²) in [6.45, 7) is 4.93. The van der Waals surface area contributed by atoms with Crippen LogP contribution in [0, 0.1) is 20.8 Å². The zero-order valence-corrected chi connectivity index (χ0v) is 49.7. The van der Waals surface area contributed by atoms with E-state index in [2.05, 4.69) is 90.4 Å². The summed E-state index contributed by atoms with van der Waals surface area (Å²) in [6.07, 6.45) is 0. The molecule has 9 aromatic rings. The van der Waals surface area contributed by atoms with Crippen molar-refractivity contribution in [2.24, 2.45) is 20.5 Å². The number of phenols is 2. The average molecular weight is 1350 g/mol. The second kappa shape index (κ2) is 26.6. The van der Waals surface area contributed by atoms with E-state index >= 15 is 0 Å². The zero-order valence-electron chi connectivity index (χ0n) is 45.0. The molecule has 90 heavy (non-hydrogen) atoms. The van der Waals surface area contributed by atoms with Crippen LogP contribution in [0.25, 0.3) is 21.5 Å². The zero-order chi connectivity index (χ0) is 65.1. The lowest BCUT2D eigenvalue weighted by atomic mass is 10.1. The van der Waals surface area contributed by atoms with Crippen molar-refractivity contribution in [2.45, 2.75) is 40.4 Å². The van der Waals surface area contributed by atoms with E-state index in [0.717, 1.165) is 48.5 Å². The summed E-state index contributed by atoms with van der Waals surface area (Å²) in [7, 11) is -10.2. The van der Waals surface area contributed by atoms with Gasteiger partial charge in [0, 0.05) is 27.0 Å². The number of azo groups is 2. The first-order chi connectivity index (χ1) is 42.5. The van der Waals surface area contributed by atoms with Gasteiger partial charge in [0.2, 0.25) is 34.4 Å². The number of anilines is 8. The number of nitrogens with zero attached hydrogens (tertiary/aromatic N) is 10. The van der Waals surface area contributed by atoms with Crippen molar-refractivity contribution in [3.63, 3.8) is 0 Å². The summed E-state index contributed by atoms with van der Waals surface area (Å²) in [4.78, 5) is 58.8. The van der Waals surface area contributed by atoms with Crippen LogP contribution < -0.4 is 21.3 Å². The molecule has 0 amide bonds. The second-order valence-corrected chi connectivity index (χ2v) is 23.3. The molecule has 0 bridgehead atoms. The number of hydrogen-bond acceptors (Lipinski definition) is 31. The molecule has 9 rings (SSSR count). The lowest BCUT2D eigenvalue weighted by Gasteiger charge is -2.17. The number of carbonyl (C=O) groups is 3. The molecule has 2 aromatic heterocycles. The van der Waals surface area contributed by atoms with Gasteiger partial charge in [-0.05, 0) is 156 Å². The Kier molecular flexibility index (Phi) is 19.1. The maximum atomic E-state index is 12.8. The third kappa shape index (κ3) is 15.1. The van der Waals surface area contributed by atoms with Gasteiger partial charge in [-0.2, -0.15) is 57.0 Å². The molecular weight excluding hydrogens is 1320 g/mol. The molecule has 13 N–H and O–H groups in total. The number of fused-ring (bicyclic) bond motifs is 2. The number of rotatable bonds is 23. The largest absolute Gasteiger partial charge is 0.505 e. The van der Waals surface area contributed by atoms with E-state index in [-0.39, 0.29) is 101 Å². The molecule has 0 saturated carbocycles. The fraction of sp³-hybridized carbons (Fsp3) is 0.0600. The molecule has 0 atom stereocenters. The van der Waals surface area contributed by atoms with E-state index < -0.39 is 87.2 Å². The van der Waals surface area contributed by atoms with Gasteiger partial charge >= 0.3 is 17.9 Å². The van der Waals surface area contributed by atoms with Crippen LogP contribution >= 0.6 is 47.3 Å². The standard InChI is InChI=1S/C50H36Cl2N14O20S4/c1-18-4-23(42(69)70)9-26(5-18)63-66-39-35(90(80,81)82)15-21-12-28(87-85-83-75)16-32(36(21)41(39)68)55-49-59-45(51)57-47(61-49)53-30-6-20(3)31(7-19(30)2)54-48-58-46(52)60-50(62-48)56-33-17-29(89(77,78)79)13-22-14-34(88-86-84-76)38(40(67)37(22)33)65-64-27-10-24(43(71)72)8-25(11-27)44(73)74/h4-17,67-68,75-76H,1-3H3,(H,69,70)(H,71,72)(H,73,74)(H,77,78,79)(H,80,81,82)(H2,53,55,57,59,61)(H2,54,56,58,60,62). The van der Waals surface area contributed by atoms with E-state index in [1.165, 1.54) is 24.3 Å². The molecule has 0 radical (unpaired) electrons. The Bertz CT molecular complexity index is 4740. The molecule has 40 heteroatoms. The van der Waals surface area contributed by atoms with Gasteiger partial charge in [0.15, 0.2) is 11.5 Å². The smallest absolute Gasteiger partial charge is 0.335 e. The highest BCUT2D eigenvalue weighted by molar-refractivity contribution is 7.95. The Morgan fingerprint density at radius 2 is 0.944 bits per heavy atom. The fourth-order valence-corrected chi connectivity index (χ4v) is 10.9. The van der Waals surface area contributed by atoms with Crippen molar-refractivity contribution in [2.75, 3.05) is 21.3 Å². The summed E-state index contributed by atoms with van der Waals surface area (Å²) in [6, 6.07) is 16.5. The monoisotopic (exact) mass is 1350 g/mol. The molecule has 0 aliphatic rings.